The maximum atomic E-state index is 2.72. The molecule has 4 heteroatoms. The van der Waals surface area contributed by atoms with Gasteiger partial charge in [0.05, 0.1) is 17.1 Å². The van der Waals surface area contributed by atoms with E-state index in [4.69, 9.17) is 0 Å². The Hall–Kier alpha value is -13.5. The maximum Gasteiger partial charge on any atom is 0.252 e. The van der Waals surface area contributed by atoms with Gasteiger partial charge in [0, 0.05) is 56.4 Å². The lowest BCUT2D eigenvalue weighted by atomic mass is 9.33. The first-order chi connectivity index (χ1) is 54.8. The van der Waals surface area contributed by atoms with Crippen molar-refractivity contribution in [2.45, 2.75) is 52.4 Å². The SMILES string of the molecule is CC(C)(C)c1cc2ccc3cc(C(C)(C)C)cc4c(-c5ccc6c(c5)N(c5c(-c7ccccc7)cccc5-c5ccccc5)c5cc(N(c7ccc(-c8ccccc8)cc7)c7ccc(-c8ccccc8)cc7)cc7c5B6c5cc(-c6ccccc6)ccc5N7c5c(-c6ccccc6)cccc5-c5ccccc5)cc(c1)c2c34. The van der Waals surface area contributed by atoms with E-state index >= 15 is 0 Å². The van der Waals surface area contributed by atoms with Gasteiger partial charge in [0.1, 0.15) is 0 Å². The minimum atomic E-state index is -0.300. The molecule has 0 N–H and O–H groups in total. The van der Waals surface area contributed by atoms with Crippen molar-refractivity contribution in [2.24, 2.45) is 0 Å². The summed E-state index contributed by atoms with van der Waals surface area (Å²) in [7, 11) is 0. The summed E-state index contributed by atoms with van der Waals surface area (Å²) in [6.07, 6.45) is 0. The Bertz CT molecular complexity index is 6390. The predicted molar refractivity (Wildman–Crippen MR) is 480 cm³/mol. The monoisotopic (exact) mass is 1430 g/mol. The van der Waals surface area contributed by atoms with Crippen molar-refractivity contribution in [2.75, 3.05) is 14.7 Å². The molecule has 0 radical (unpaired) electrons. The molecule has 0 unspecified atom stereocenters. The molecule has 2 heterocycles. The number of benzene rings is 18. The van der Waals surface area contributed by atoms with Gasteiger partial charge in [-0.05, 0) is 198 Å². The van der Waals surface area contributed by atoms with Crippen LogP contribution in [0, 0.1) is 0 Å². The molecule has 0 saturated heterocycles. The van der Waals surface area contributed by atoms with Gasteiger partial charge in [-0.15, -0.1) is 0 Å². The van der Waals surface area contributed by atoms with E-state index in [1.54, 1.807) is 0 Å². The number of fused-ring (bicyclic) bond motifs is 4. The van der Waals surface area contributed by atoms with E-state index in [0.29, 0.717) is 0 Å². The molecule has 2 aliphatic heterocycles. The molecule has 18 aromatic carbocycles. The van der Waals surface area contributed by atoms with E-state index in [1.165, 1.54) is 76.5 Å². The number of nitrogens with zero attached hydrogens (tertiary/aromatic N) is 3. The molecule has 0 bridgehead atoms. The average Bonchev–Trinajstić information content (AvgIpc) is 0.692. The highest BCUT2D eigenvalue weighted by molar-refractivity contribution is 7.00. The van der Waals surface area contributed by atoms with Crippen molar-refractivity contribution in [3.8, 4) is 89.0 Å². The summed E-state index contributed by atoms with van der Waals surface area (Å²) < 4.78 is 0. The van der Waals surface area contributed by atoms with Crippen LogP contribution in [0.2, 0.25) is 0 Å². The van der Waals surface area contributed by atoms with Gasteiger partial charge in [0.2, 0.25) is 0 Å². The van der Waals surface area contributed by atoms with Gasteiger partial charge in [0.15, 0.2) is 0 Å². The van der Waals surface area contributed by atoms with E-state index in [9.17, 15) is 0 Å². The lowest BCUT2D eigenvalue weighted by molar-refractivity contribution is 0.591. The van der Waals surface area contributed by atoms with Gasteiger partial charge in [-0.3, -0.25) is 0 Å². The molecule has 20 rings (SSSR count). The summed E-state index contributed by atoms with van der Waals surface area (Å²) >= 11 is 0. The first kappa shape index (κ1) is 67.8. The zero-order valence-electron chi connectivity index (χ0n) is 63.9. The molecule has 0 aromatic heterocycles. The second-order valence-corrected chi connectivity index (χ2v) is 32.4. The second-order valence-electron chi connectivity index (χ2n) is 32.4. The zero-order valence-corrected chi connectivity index (χ0v) is 63.9. The quantitative estimate of drug-likeness (QED) is 0.0841. The molecule has 112 heavy (non-hydrogen) atoms. The zero-order chi connectivity index (χ0) is 75.3. The van der Waals surface area contributed by atoms with Crippen LogP contribution in [-0.2, 0) is 10.8 Å². The highest BCUT2D eigenvalue weighted by Crippen LogP contribution is 2.56. The van der Waals surface area contributed by atoms with Crippen LogP contribution in [-0.4, -0.2) is 6.71 Å². The predicted octanol–water partition coefficient (Wildman–Crippen LogP) is 28.1. The lowest BCUT2D eigenvalue weighted by Crippen LogP contribution is -2.61. The summed E-state index contributed by atoms with van der Waals surface area (Å²) in [6.45, 7) is 13.8. The van der Waals surface area contributed by atoms with Crippen LogP contribution in [0.3, 0.4) is 0 Å². The van der Waals surface area contributed by atoms with Crippen molar-refractivity contribution in [3.63, 3.8) is 0 Å². The van der Waals surface area contributed by atoms with Crippen LogP contribution < -0.4 is 31.1 Å². The summed E-state index contributed by atoms with van der Waals surface area (Å²) in [5, 5.41) is 7.68. The topological polar surface area (TPSA) is 9.72 Å². The van der Waals surface area contributed by atoms with Crippen molar-refractivity contribution >= 4 is 107 Å². The molecule has 0 amide bonds. The van der Waals surface area contributed by atoms with Crippen molar-refractivity contribution in [3.05, 3.63) is 399 Å². The van der Waals surface area contributed by atoms with E-state index < -0.39 is 0 Å². The highest BCUT2D eigenvalue weighted by Gasteiger charge is 2.46. The van der Waals surface area contributed by atoms with Crippen LogP contribution in [0.4, 0.5) is 51.2 Å². The van der Waals surface area contributed by atoms with Gasteiger partial charge < -0.3 is 14.7 Å². The Kier molecular flexibility index (Phi) is 16.5. The van der Waals surface area contributed by atoms with Crippen LogP contribution >= 0.6 is 0 Å². The summed E-state index contributed by atoms with van der Waals surface area (Å²) in [5.41, 5.74) is 34.0. The normalized spacial score (nSPS) is 12.5. The van der Waals surface area contributed by atoms with Gasteiger partial charge in [-0.1, -0.05) is 369 Å². The fourth-order valence-corrected chi connectivity index (χ4v) is 17.9. The summed E-state index contributed by atoms with van der Waals surface area (Å²) in [5.74, 6) is 0. The molecule has 0 aliphatic carbocycles. The third kappa shape index (κ3) is 11.8. The molecule has 2 aliphatic rings. The van der Waals surface area contributed by atoms with Crippen molar-refractivity contribution in [1.82, 2.24) is 0 Å². The first-order valence-corrected chi connectivity index (χ1v) is 39.3. The summed E-state index contributed by atoms with van der Waals surface area (Å²) in [4.78, 5) is 7.91. The molecule has 0 spiro atoms. The second kappa shape index (κ2) is 27.2. The standard InChI is InChI=1S/C108H82BN3/c1-107(2,3)85-62-82-48-49-83-63-86(108(4,5)6)68-95-94(65-84(64-85)102(82)103(83)95)81-54-60-96-99(67-81)112(106-92(78-40-24-12-25-41-78)46-29-47-93(106)79-42-26-13-27-43-79)101-70-89(110(87-56-50-74(51-57-87)71-30-14-7-15-31-71)88-58-52-75(53-59-88)72-32-16-8-17-33-72)69-100-104(101)109(96)97-66-80(73-34-18-9-19-35-73)55-61-98(97)111(100)105-90(76-36-20-10-21-37-76)44-28-45-91(105)77-38-22-11-23-39-77/h7-70H,1-6H3. The minimum absolute atomic E-state index is 0.0875. The molecule has 532 valence electrons. The summed E-state index contributed by atoms with van der Waals surface area (Å²) in [6, 6.07) is 146. The van der Waals surface area contributed by atoms with Gasteiger partial charge >= 0.3 is 0 Å². The molecular weight excluding hydrogens is 1350 g/mol. The lowest BCUT2D eigenvalue weighted by Gasteiger charge is -2.46. The Morgan fingerprint density at radius 2 is 0.598 bits per heavy atom. The third-order valence-corrected chi connectivity index (χ3v) is 23.4. The largest absolute Gasteiger partial charge is 0.310 e. The van der Waals surface area contributed by atoms with Crippen LogP contribution in [0.5, 0.6) is 0 Å². The van der Waals surface area contributed by atoms with E-state index in [2.05, 4.69) is 444 Å². The van der Waals surface area contributed by atoms with Gasteiger partial charge in [-0.2, -0.15) is 0 Å². The number of hydrogen-bond acceptors (Lipinski definition) is 3. The number of para-hydroxylation sites is 2. The Morgan fingerprint density at radius 3 is 1.04 bits per heavy atom. The molecule has 3 nitrogen and oxygen atoms in total. The fourth-order valence-electron chi connectivity index (χ4n) is 17.9. The maximum absolute atomic E-state index is 2.72. The third-order valence-electron chi connectivity index (χ3n) is 23.4. The number of anilines is 9. The number of hydrogen-bond donors (Lipinski definition) is 0. The minimum Gasteiger partial charge on any atom is -0.310 e. The van der Waals surface area contributed by atoms with Crippen LogP contribution in [0.1, 0.15) is 52.7 Å². The molecule has 0 atom stereocenters. The fraction of sp³-hybridized carbons (Fsp3) is 0.0741. The number of rotatable bonds is 13. The van der Waals surface area contributed by atoms with Crippen molar-refractivity contribution < 1.29 is 0 Å². The van der Waals surface area contributed by atoms with E-state index in [0.717, 1.165) is 124 Å². The Labute approximate surface area is 657 Å². The molecular formula is C108H82BN3. The van der Waals surface area contributed by atoms with Crippen LogP contribution in [0.25, 0.3) is 121 Å². The average molecular weight is 1430 g/mol. The smallest absolute Gasteiger partial charge is 0.252 e. The molecule has 0 saturated carbocycles. The van der Waals surface area contributed by atoms with Gasteiger partial charge in [0.25, 0.3) is 6.71 Å². The molecule has 0 fully saturated rings. The van der Waals surface area contributed by atoms with E-state index in [-0.39, 0.29) is 17.5 Å². The highest BCUT2D eigenvalue weighted by atomic mass is 15.2. The van der Waals surface area contributed by atoms with E-state index in [1.807, 2.05) is 0 Å². The van der Waals surface area contributed by atoms with Gasteiger partial charge in [-0.25, -0.2) is 0 Å². The van der Waals surface area contributed by atoms with Crippen molar-refractivity contribution in [1.29, 1.82) is 0 Å². The Morgan fingerprint density at radius 1 is 0.232 bits per heavy atom. The first-order valence-electron chi connectivity index (χ1n) is 39.3. The van der Waals surface area contributed by atoms with Crippen LogP contribution in [0.15, 0.2) is 388 Å². The molecule has 18 aromatic rings. The Balaban J connectivity index is 0.965.